The second kappa shape index (κ2) is 6.67. The van der Waals surface area contributed by atoms with Crippen LogP contribution in [-0.4, -0.2) is 12.1 Å². The molecular weight excluding hydrogens is 288 g/mol. The van der Waals surface area contributed by atoms with E-state index in [1.165, 1.54) is 5.56 Å². The zero-order chi connectivity index (χ0) is 16.2. The molecule has 0 atom stereocenters. The molecule has 0 fully saturated rings. The van der Waals surface area contributed by atoms with Crippen molar-refractivity contribution in [1.82, 2.24) is 10.3 Å². The van der Waals surface area contributed by atoms with E-state index in [-0.39, 0.29) is 5.56 Å². The molecule has 4 nitrogen and oxygen atoms in total. The Morgan fingerprint density at radius 1 is 1.04 bits per heavy atom. The number of pyridine rings is 1. The molecule has 1 heterocycles. The molecule has 0 saturated carbocycles. The smallest absolute Gasteiger partial charge is 0.252 e. The summed E-state index contributed by atoms with van der Waals surface area (Å²) in [5.41, 5.74) is 3.81. The maximum absolute atomic E-state index is 12.2. The monoisotopic (exact) mass is 308 g/mol. The van der Waals surface area contributed by atoms with Crippen LogP contribution in [0.4, 0.5) is 0 Å². The molecule has 118 valence electrons. The van der Waals surface area contributed by atoms with Crippen molar-refractivity contribution in [2.45, 2.75) is 20.0 Å². The molecule has 0 spiro atoms. The zero-order valence-corrected chi connectivity index (χ0v) is 13.3. The molecule has 0 radical (unpaired) electrons. The van der Waals surface area contributed by atoms with Crippen LogP contribution >= 0.6 is 0 Å². The number of benzene rings is 2. The van der Waals surface area contributed by atoms with E-state index in [1.54, 1.807) is 7.11 Å². The first-order valence-electron chi connectivity index (χ1n) is 7.62. The molecule has 0 bridgehead atoms. The first-order chi connectivity index (χ1) is 11.2. The van der Waals surface area contributed by atoms with Gasteiger partial charge in [-0.2, -0.15) is 0 Å². The minimum absolute atomic E-state index is 0.0473. The van der Waals surface area contributed by atoms with Crippen LogP contribution in [0, 0.1) is 6.92 Å². The van der Waals surface area contributed by atoms with Gasteiger partial charge < -0.3 is 15.0 Å². The third-order valence-corrected chi connectivity index (χ3v) is 3.90. The summed E-state index contributed by atoms with van der Waals surface area (Å²) in [5, 5.41) is 4.37. The van der Waals surface area contributed by atoms with Gasteiger partial charge in [0.05, 0.1) is 7.11 Å². The molecular formula is C19H20N2O2. The summed E-state index contributed by atoms with van der Waals surface area (Å²) in [7, 11) is 1.66. The second-order valence-corrected chi connectivity index (χ2v) is 5.63. The SMILES string of the molecule is COc1ccccc1CNCc1cc2cc(C)ccc2[nH]c1=O. The number of methoxy groups -OCH3 is 1. The lowest BCUT2D eigenvalue weighted by Crippen LogP contribution is -2.21. The van der Waals surface area contributed by atoms with Gasteiger partial charge in [0.15, 0.2) is 0 Å². The van der Waals surface area contributed by atoms with E-state index >= 15 is 0 Å². The van der Waals surface area contributed by atoms with E-state index < -0.39 is 0 Å². The zero-order valence-electron chi connectivity index (χ0n) is 13.3. The van der Waals surface area contributed by atoms with Crippen molar-refractivity contribution in [2.24, 2.45) is 0 Å². The highest BCUT2D eigenvalue weighted by atomic mass is 16.5. The largest absolute Gasteiger partial charge is 0.496 e. The Morgan fingerprint density at radius 2 is 1.83 bits per heavy atom. The van der Waals surface area contributed by atoms with Crippen molar-refractivity contribution >= 4 is 10.9 Å². The predicted molar refractivity (Wildman–Crippen MR) is 92.8 cm³/mol. The summed E-state index contributed by atoms with van der Waals surface area (Å²) in [5.74, 6) is 0.850. The highest BCUT2D eigenvalue weighted by Crippen LogP contribution is 2.17. The fourth-order valence-corrected chi connectivity index (χ4v) is 2.68. The molecule has 2 aromatic carbocycles. The Morgan fingerprint density at radius 3 is 2.65 bits per heavy atom. The van der Waals surface area contributed by atoms with Gasteiger partial charge in [0.2, 0.25) is 0 Å². The van der Waals surface area contributed by atoms with Crippen molar-refractivity contribution < 1.29 is 4.74 Å². The van der Waals surface area contributed by atoms with E-state index in [2.05, 4.69) is 16.4 Å². The van der Waals surface area contributed by atoms with Gasteiger partial charge in [-0.15, -0.1) is 0 Å². The van der Waals surface area contributed by atoms with Crippen molar-refractivity contribution in [3.05, 3.63) is 75.6 Å². The summed E-state index contributed by atoms with van der Waals surface area (Å²) < 4.78 is 5.33. The topological polar surface area (TPSA) is 54.1 Å². The molecule has 0 aliphatic carbocycles. The van der Waals surface area contributed by atoms with Crippen molar-refractivity contribution in [1.29, 1.82) is 0 Å². The number of nitrogens with one attached hydrogen (secondary N) is 2. The molecule has 3 rings (SSSR count). The van der Waals surface area contributed by atoms with Gasteiger partial charge in [-0.05, 0) is 36.6 Å². The number of aromatic nitrogens is 1. The average Bonchev–Trinajstić information content (AvgIpc) is 2.56. The fourth-order valence-electron chi connectivity index (χ4n) is 2.68. The molecule has 0 unspecified atom stereocenters. The quantitative estimate of drug-likeness (QED) is 0.761. The highest BCUT2D eigenvalue weighted by Gasteiger charge is 2.05. The van der Waals surface area contributed by atoms with Gasteiger partial charge in [-0.25, -0.2) is 0 Å². The molecule has 3 aromatic rings. The summed E-state index contributed by atoms with van der Waals surface area (Å²) >= 11 is 0. The maximum Gasteiger partial charge on any atom is 0.252 e. The van der Waals surface area contributed by atoms with Crippen LogP contribution in [-0.2, 0) is 13.1 Å². The van der Waals surface area contributed by atoms with Crippen molar-refractivity contribution in [3.8, 4) is 5.75 Å². The van der Waals surface area contributed by atoms with Crippen LogP contribution < -0.4 is 15.6 Å². The summed E-state index contributed by atoms with van der Waals surface area (Å²) in [6.45, 7) is 3.21. The molecule has 0 amide bonds. The van der Waals surface area contributed by atoms with E-state index in [0.717, 1.165) is 27.8 Å². The van der Waals surface area contributed by atoms with Crippen LogP contribution in [0.5, 0.6) is 5.75 Å². The Bertz CT molecular complexity index is 884. The van der Waals surface area contributed by atoms with Crippen LogP contribution in [0.25, 0.3) is 10.9 Å². The number of H-pyrrole nitrogens is 1. The Balaban J connectivity index is 1.76. The maximum atomic E-state index is 12.2. The van der Waals surface area contributed by atoms with Crippen LogP contribution in [0.3, 0.4) is 0 Å². The molecule has 0 saturated heterocycles. The summed E-state index contributed by atoms with van der Waals surface area (Å²) in [4.78, 5) is 15.1. The van der Waals surface area contributed by atoms with Gasteiger partial charge >= 0.3 is 0 Å². The number of fused-ring (bicyclic) bond motifs is 1. The Labute approximate surface area is 135 Å². The molecule has 2 N–H and O–H groups in total. The highest BCUT2D eigenvalue weighted by molar-refractivity contribution is 5.79. The lowest BCUT2D eigenvalue weighted by atomic mass is 10.1. The van der Waals surface area contributed by atoms with Crippen molar-refractivity contribution in [2.75, 3.05) is 7.11 Å². The van der Waals surface area contributed by atoms with E-state index in [1.807, 2.05) is 49.4 Å². The number of aryl methyl sites for hydroxylation is 1. The molecule has 1 aromatic heterocycles. The fraction of sp³-hybridized carbons (Fsp3) is 0.211. The standard InChI is InChI=1S/C19H20N2O2/c1-13-7-8-17-15(9-13)10-16(19(22)21-17)12-20-11-14-5-3-4-6-18(14)23-2/h3-10,20H,11-12H2,1-2H3,(H,21,22). The number of aromatic amines is 1. The van der Waals surface area contributed by atoms with Crippen LogP contribution in [0.2, 0.25) is 0 Å². The summed E-state index contributed by atoms with van der Waals surface area (Å²) in [6.07, 6.45) is 0. The Kier molecular flexibility index (Phi) is 4.44. The van der Waals surface area contributed by atoms with E-state index in [9.17, 15) is 4.79 Å². The van der Waals surface area contributed by atoms with Crippen LogP contribution in [0.15, 0.2) is 53.3 Å². The Hall–Kier alpha value is -2.59. The number of hydrogen-bond acceptors (Lipinski definition) is 3. The third-order valence-electron chi connectivity index (χ3n) is 3.90. The average molecular weight is 308 g/mol. The number of para-hydroxylation sites is 1. The van der Waals surface area contributed by atoms with Gasteiger partial charge in [0.1, 0.15) is 5.75 Å². The van der Waals surface area contributed by atoms with E-state index in [4.69, 9.17) is 4.74 Å². The minimum Gasteiger partial charge on any atom is -0.496 e. The predicted octanol–water partition coefficient (Wildman–Crippen LogP) is 3.13. The first kappa shape index (κ1) is 15.3. The minimum atomic E-state index is -0.0473. The van der Waals surface area contributed by atoms with Gasteiger partial charge in [0, 0.05) is 29.7 Å². The lowest BCUT2D eigenvalue weighted by molar-refractivity contribution is 0.407. The van der Waals surface area contributed by atoms with Crippen LogP contribution in [0.1, 0.15) is 16.7 Å². The molecule has 4 heteroatoms. The number of rotatable bonds is 5. The molecule has 23 heavy (non-hydrogen) atoms. The van der Waals surface area contributed by atoms with Gasteiger partial charge in [-0.3, -0.25) is 4.79 Å². The van der Waals surface area contributed by atoms with E-state index in [0.29, 0.717) is 13.1 Å². The summed E-state index contributed by atoms with van der Waals surface area (Å²) in [6, 6.07) is 15.8. The van der Waals surface area contributed by atoms with Gasteiger partial charge in [-0.1, -0.05) is 29.8 Å². The van der Waals surface area contributed by atoms with Crippen molar-refractivity contribution in [3.63, 3.8) is 0 Å². The number of hydrogen-bond donors (Lipinski definition) is 2. The van der Waals surface area contributed by atoms with Gasteiger partial charge in [0.25, 0.3) is 5.56 Å². The molecule has 0 aliphatic rings. The number of ether oxygens (including phenoxy) is 1. The normalized spacial score (nSPS) is 10.9. The molecule has 0 aliphatic heterocycles. The second-order valence-electron chi connectivity index (χ2n) is 5.63. The first-order valence-corrected chi connectivity index (χ1v) is 7.62. The lowest BCUT2D eigenvalue weighted by Gasteiger charge is -2.09. The third kappa shape index (κ3) is 3.43.